The van der Waals surface area contributed by atoms with Crippen LogP contribution in [0.3, 0.4) is 0 Å². The second-order valence-electron chi connectivity index (χ2n) is 8.17. The minimum Gasteiger partial charge on any atom is -0.477 e. The molecule has 0 spiro atoms. The van der Waals surface area contributed by atoms with Crippen LogP contribution in [-0.2, 0) is 29.3 Å². The van der Waals surface area contributed by atoms with Crippen molar-refractivity contribution in [3.63, 3.8) is 0 Å². The monoisotopic (exact) mass is 522 g/mol. The smallest absolute Gasteiger partial charge is 0.352 e. The Labute approximate surface area is 197 Å². The lowest BCUT2D eigenvalue weighted by atomic mass is 9.77. The highest BCUT2D eigenvalue weighted by Gasteiger charge is 2.56. The molecule has 1 aromatic rings. The number of hydrogen-bond donors (Lipinski definition) is 2. The van der Waals surface area contributed by atoms with Gasteiger partial charge in [0.2, 0.25) is 5.91 Å². The van der Waals surface area contributed by atoms with E-state index in [1.807, 2.05) is 24.3 Å². The Hall–Kier alpha value is -2.33. The SMILES string of the molecule is CC(=O)OCC1=C(C(=O)O)N2C(=O)[C@@H](NC(=O)C3(c4ccccc4Br)CCCC3)[C@H]2SC1. The average Bonchev–Trinajstić information content (AvgIpc) is 3.26. The van der Waals surface area contributed by atoms with E-state index in [1.165, 1.54) is 23.6 Å². The second-order valence-corrected chi connectivity index (χ2v) is 10.1. The van der Waals surface area contributed by atoms with Crippen LogP contribution in [0.25, 0.3) is 0 Å². The van der Waals surface area contributed by atoms with Gasteiger partial charge in [0.15, 0.2) is 0 Å². The number of fused-ring (bicyclic) bond motifs is 1. The highest BCUT2D eigenvalue weighted by Crippen LogP contribution is 2.45. The number of benzene rings is 1. The number of thioether (sulfide) groups is 1. The molecule has 170 valence electrons. The summed E-state index contributed by atoms with van der Waals surface area (Å²) in [4.78, 5) is 50.6. The van der Waals surface area contributed by atoms with Gasteiger partial charge in [-0.05, 0) is 24.5 Å². The Balaban J connectivity index is 1.55. The molecule has 0 aromatic heterocycles. The lowest BCUT2D eigenvalue weighted by molar-refractivity contribution is -0.151. The van der Waals surface area contributed by atoms with E-state index in [0.717, 1.165) is 22.9 Å². The van der Waals surface area contributed by atoms with Crippen LogP contribution >= 0.6 is 27.7 Å². The van der Waals surface area contributed by atoms with Crippen molar-refractivity contribution in [3.8, 4) is 0 Å². The third-order valence-electron chi connectivity index (χ3n) is 6.27. The first-order valence-corrected chi connectivity index (χ1v) is 12.2. The largest absolute Gasteiger partial charge is 0.477 e. The number of aliphatic carboxylic acids is 1. The van der Waals surface area contributed by atoms with E-state index < -0.39 is 34.7 Å². The van der Waals surface area contributed by atoms with Crippen molar-refractivity contribution in [2.75, 3.05) is 12.4 Å². The van der Waals surface area contributed by atoms with Gasteiger partial charge in [0.1, 0.15) is 23.7 Å². The number of hydrogen-bond acceptors (Lipinski definition) is 6. The average molecular weight is 523 g/mol. The second kappa shape index (κ2) is 8.90. The molecule has 2 heterocycles. The Bertz CT molecular complexity index is 1020. The van der Waals surface area contributed by atoms with E-state index in [4.69, 9.17) is 4.74 Å². The third kappa shape index (κ3) is 3.83. The molecular formula is C22H23BrN2O6S. The summed E-state index contributed by atoms with van der Waals surface area (Å²) in [6.45, 7) is 1.06. The molecule has 2 amide bonds. The number of halogens is 1. The van der Waals surface area contributed by atoms with Gasteiger partial charge in [-0.1, -0.05) is 47.0 Å². The number of amides is 2. The van der Waals surface area contributed by atoms with Crippen LogP contribution in [0.1, 0.15) is 38.2 Å². The number of carbonyl (C=O) groups is 4. The summed E-state index contributed by atoms with van der Waals surface area (Å²) < 4.78 is 5.81. The molecule has 2 aliphatic heterocycles. The Morgan fingerprint density at radius 1 is 1.28 bits per heavy atom. The van der Waals surface area contributed by atoms with Crippen molar-refractivity contribution in [2.45, 2.75) is 49.4 Å². The Kier molecular flexibility index (Phi) is 6.35. The van der Waals surface area contributed by atoms with Gasteiger partial charge < -0.3 is 15.2 Å². The molecule has 2 atom stereocenters. The van der Waals surface area contributed by atoms with Gasteiger partial charge in [0.25, 0.3) is 5.91 Å². The summed E-state index contributed by atoms with van der Waals surface area (Å²) in [5.41, 5.74) is 0.399. The van der Waals surface area contributed by atoms with E-state index in [0.29, 0.717) is 24.2 Å². The molecule has 0 bridgehead atoms. The number of carboxylic acid groups (broad SMARTS) is 1. The van der Waals surface area contributed by atoms with E-state index in [9.17, 15) is 24.3 Å². The summed E-state index contributed by atoms with van der Waals surface area (Å²) in [5.74, 6) is -2.15. The van der Waals surface area contributed by atoms with E-state index >= 15 is 0 Å². The van der Waals surface area contributed by atoms with Crippen molar-refractivity contribution < 1.29 is 29.0 Å². The lowest BCUT2D eigenvalue weighted by Gasteiger charge is -2.50. The van der Waals surface area contributed by atoms with Crippen LogP contribution in [0.5, 0.6) is 0 Å². The summed E-state index contributed by atoms with van der Waals surface area (Å²) in [6, 6.07) is 6.84. The van der Waals surface area contributed by atoms with Crippen LogP contribution in [0.2, 0.25) is 0 Å². The first-order valence-electron chi connectivity index (χ1n) is 10.4. The van der Waals surface area contributed by atoms with Crippen molar-refractivity contribution in [1.82, 2.24) is 10.2 Å². The zero-order valence-corrected chi connectivity index (χ0v) is 19.8. The molecule has 4 rings (SSSR count). The highest BCUT2D eigenvalue weighted by molar-refractivity contribution is 9.10. The zero-order chi connectivity index (χ0) is 23.0. The first-order chi connectivity index (χ1) is 15.3. The Morgan fingerprint density at radius 3 is 2.59 bits per heavy atom. The molecule has 32 heavy (non-hydrogen) atoms. The number of ether oxygens (including phenoxy) is 1. The van der Waals surface area contributed by atoms with E-state index in [2.05, 4.69) is 21.2 Å². The van der Waals surface area contributed by atoms with E-state index in [-0.39, 0.29) is 18.2 Å². The summed E-state index contributed by atoms with van der Waals surface area (Å²) in [5, 5.41) is 12.1. The molecule has 0 unspecified atom stereocenters. The van der Waals surface area contributed by atoms with Crippen LogP contribution in [0.15, 0.2) is 40.0 Å². The number of carboxylic acids is 1. The van der Waals surface area contributed by atoms with Crippen molar-refractivity contribution >= 4 is 51.4 Å². The molecule has 0 radical (unpaired) electrons. The molecule has 2 N–H and O–H groups in total. The summed E-state index contributed by atoms with van der Waals surface area (Å²) in [6.07, 6.45) is 3.22. The molecule has 10 heteroatoms. The predicted molar refractivity (Wildman–Crippen MR) is 121 cm³/mol. The fourth-order valence-corrected chi connectivity index (χ4v) is 6.70. The fraction of sp³-hybridized carbons (Fsp3) is 0.455. The van der Waals surface area contributed by atoms with Gasteiger partial charge in [0.05, 0.1) is 5.41 Å². The molecular weight excluding hydrogens is 500 g/mol. The zero-order valence-electron chi connectivity index (χ0n) is 17.4. The molecule has 1 saturated carbocycles. The number of β-lactam (4-membered cyclic amide) rings is 1. The van der Waals surface area contributed by atoms with Crippen molar-refractivity contribution in [1.29, 1.82) is 0 Å². The maximum Gasteiger partial charge on any atom is 0.352 e. The summed E-state index contributed by atoms with van der Waals surface area (Å²) in [7, 11) is 0. The number of nitrogens with zero attached hydrogens (tertiary/aromatic N) is 1. The topological polar surface area (TPSA) is 113 Å². The quantitative estimate of drug-likeness (QED) is 0.435. The third-order valence-corrected chi connectivity index (χ3v) is 8.30. The summed E-state index contributed by atoms with van der Waals surface area (Å²) >= 11 is 4.92. The van der Waals surface area contributed by atoms with Gasteiger partial charge in [0, 0.05) is 22.7 Å². The maximum absolute atomic E-state index is 13.5. The maximum atomic E-state index is 13.5. The molecule has 1 aromatic carbocycles. The lowest BCUT2D eigenvalue weighted by Crippen LogP contribution is -2.71. The first kappa shape index (κ1) is 22.8. The molecule has 1 aliphatic carbocycles. The number of esters is 1. The predicted octanol–water partition coefficient (Wildman–Crippen LogP) is 2.56. The molecule has 8 nitrogen and oxygen atoms in total. The van der Waals surface area contributed by atoms with Gasteiger partial charge in [-0.2, -0.15) is 0 Å². The highest BCUT2D eigenvalue weighted by atomic mass is 79.9. The normalized spacial score (nSPS) is 23.9. The van der Waals surface area contributed by atoms with Gasteiger partial charge in [-0.3, -0.25) is 19.3 Å². The fourth-order valence-electron chi connectivity index (χ4n) is 4.71. The van der Waals surface area contributed by atoms with Gasteiger partial charge >= 0.3 is 11.9 Å². The number of nitrogens with one attached hydrogen (secondary N) is 1. The van der Waals surface area contributed by atoms with Gasteiger partial charge in [-0.25, -0.2) is 4.79 Å². The van der Waals surface area contributed by atoms with Crippen LogP contribution in [-0.4, -0.2) is 57.5 Å². The van der Waals surface area contributed by atoms with E-state index in [1.54, 1.807) is 0 Å². The van der Waals surface area contributed by atoms with Crippen molar-refractivity contribution in [2.24, 2.45) is 0 Å². The number of carbonyl (C=O) groups excluding carboxylic acids is 3. The van der Waals surface area contributed by atoms with Crippen LogP contribution in [0.4, 0.5) is 0 Å². The van der Waals surface area contributed by atoms with Crippen LogP contribution in [0, 0.1) is 0 Å². The molecule has 3 aliphatic rings. The minimum atomic E-state index is -1.25. The molecule has 2 fully saturated rings. The molecule has 1 saturated heterocycles. The van der Waals surface area contributed by atoms with Crippen molar-refractivity contribution in [3.05, 3.63) is 45.6 Å². The number of rotatable bonds is 6. The Morgan fingerprint density at radius 2 is 1.97 bits per heavy atom. The minimum absolute atomic E-state index is 0.160. The van der Waals surface area contributed by atoms with Gasteiger partial charge in [-0.15, -0.1) is 11.8 Å². The van der Waals surface area contributed by atoms with Crippen LogP contribution < -0.4 is 5.32 Å². The standard InChI is InChI=1S/C22H23BrN2O6S/c1-12(26)31-10-13-11-32-19-16(18(27)25(19)17(13)20(28)29)24-21(30)22(8-4-5-9-22)14-6-2-3-7-15(14)23/h2-3,6-7,16,19H,4-5,8-11H2,1H3,(H,24,30)(H,28,29)/t16-,19-/m1/s1.